The maximum Gasteiger partial charge on any atom is 0.293 e. The molecule has 1 fully saturated rings. The van der Waals surface area contributed by atoms with Crippen molar-refractivity contribution in [3.63, 3.8) is 0 Å². The second kappa shape index (κ2) is 8.89. The average Bonchev–Trinajstić information content (AvgIpc) is 2.97. The smallest absolute Gasteiger partial charge is 0.293 e. The number of thioether (sulfide) groups is 1. The molecule has 1 aliphatic heterocycles. The Kier molecular flexibility index (Phi) is 6.30. The van der Waals surface area contributed by atoms with Gasteiger partial charge in [0, 0.05) is 35.8 Å². The fraction of sp³-hybridized carbons (Fsp3) is 0.105. The van der Waals surface area contributed by atoms with Gasteiger partial charge in [-0.15, -0.1) is 0 Å². The second-order valence-corrected chi connectivity index (χ2v) is 7.38. The molecule has 1 aliphatic rings. The number of hydrogen-bond donors (Lipinski definition) is 1. The molecule has 2 aromatic carbocycles. The number of amides is 3. The van der Waals surface area contributed by atoms with E-state index in [9.17, 15) is 24.5 Å². The SMILES string of the molecule is O=C(NCCN1C(=O)S/C(=C/c2ccc(Cl)cc2)C1=O)c1cccc([N+](=O)[O-])c1. The fourth-order valence-electron chi connectivity index (χ4n) is 2.55. The molecule has 0 radical (unpaired) electrons. The Balaban J connectivity index is 1.59. The van der Waals surface area contributed by atoms with Crippen LogP contribution in [0, 0.1) is 10.1 Å². The number of benzene rings is 2. The van der Waals surface area contributed by atoms with Crippen LogP contribution in [0.4, 0.5) is 10.5 Å². The van der Waals surface area contributed by atoms with Crippen LogP contribution in [0.25, 0.3) is 6.08 Å². The number of nitro groups is 1. The summed E-state index contributed by atoms with van der Waals surface area (Å²) in [6, 6.07) is 12.1. The first kappa shape index (κ1) is 20.6. The van der Waals surface area contributed by atoms with Crippen molar-refractivity contribution in [2.75, 3.05) is 13.1 Å². The highest BCUT2D eigenvalue weighted by Crippen LogP contribution is 2.32. The molecule has 1 saturated heterocycles. The lowest BCUT2D eigenvalue weighted by atomic mass is 10.2. The molecule has 1 heterocycles. The molecule has 0 aromatic heterocycles. The lowest BCUT2D eigenvalue weighted by Crippen LogP contribution is -2.37. The van der Waals surface area contributed by atoms with Crippen LogP contribution < -0.4 is 5.32 Å². The Morgan fingerprint density at radius 2 is 1.93 bits per heavy atom. The molecule has 0 saturated carbocycles. The maximum atomic E-state index is 12.5. The van der Waals surface area contributed by atoms with Crippen LogP contribution in [0.15, 0.2) is 53.4 Å². The quantitative estimate of drug-likeness (QED) is 0.424. The van der Waals surface area contributed by atoms with Gasteiger partial charge in [-0.2, -0.15) is 0 Å². The summed E-state index contributed by atoms with van der Waals surface area (Å²) >= 11 is 6.65. The van der Waals surface area contributed by atoms with E-state index in [4.69, 9.17) is 11.6 Å². The summed E-state index contributed by atoms with van der Waals surface area (Å²) in [7, 11) is 0. The Hall–Kier alpha value is -3.17. The van der Waals surface area contributed by atoms with E-state index >= 15 is 0 Å². The highest BCUT2D eigenvalue weighted by atomic mass is 35.5. The number of nitro benzene ring substituents is 1. The molecule has 3 amide bonds. The zero-order valence-electron chi connectivity index (χ0n) is 14.8. The van der Waals surface area contributed by atoms with Crippen LogP contribution in [-0.2, 0) is 4.79 Å². The summed E-state index contributed by atoms with van der Waals surface area (Å²) in [6.07, 6.45) is 1.60. The number of hydrogen-bond acceptors (Lipinski definition) is 6. The van der Waals surface area contributed by atoms with Crippen molar-refractivity contribution < 1.29 is 19.3 Å². The Morgan fingerprint density at radius 1 is 1.21 bits per heavy atom. The van der Waals surface area contributed by atoms with Crippen molar-refractivity contribution in [3.05, 3.63) is 79.7 Å². The van der Waals surface area contributed by atoms with Gasteiger partial charge in [0.25, 0.3) is 22.7 Å². The van der Waals surface area contributed by atoms with Gasteiger partial charge in [-0.1, -0.05) is 29.8 Å². The summed E-state index contributed by atoms with van der Waals surface area (Å²) in [5.41, 5.74) is 0.658. The van der Waals surface area contributed by atoms with Crippen molar-refractivity contribution in [3.8, 4) is 0 Å². The fourth-order valence-corrected chi connectivity index (χ4v) is 3.54. The van der Waals surface area contributed by atoms with Gasteiger partial charge in [0.2, 0.25) is 0 Å². The topological polar surface area (TPSA) is 110 Å². The predicted octanol–water partition coefficient (Wildman–Crippen LogP) is 3.71. The molecule has 0 atom stereocenters. The highest BCUT2D eigenvalue weighted by molar-refractivity contribution is 8.18. The summed E-state index contributed by atoms with van der Waals surface area (Å²) in [5, 5.41) is 13.5. The molecule has 10 heteroatoms. The minimum atomic E-state index is -0.593. The Morgan fingerprint density at radius 3 is 2.62 bits per heavy atom. The lowest BCUT2D eigenvalue weighted by molar-refractivity contribution is -0.384. The predicted molar refractivity (Wildman–Crippen MR) is 110 cm³/mol. The van der Waals surface area contributed by atoms with Crippen molar-refractivity contribution in [1.82, 2.24) is 10.2 Å². The van der Waals surface area contributed by atoms with Gasteiger partial charge in [-0.05, 0) is 41.6 Å². The number of imide groups is 1. The number of nitrogens with one attached hydrogen (secondary N) is 1. The van der Waals surface area contributed by atoms with E-state index in [0.717, 1.165) is 28.3 Å². The monoisotopic (exact) mass is 431 g/mol. The number of rotatable bonds is 6. The number of halogens is 1. The van der Waals surface area contributed by atoms with E-state index < -0.39 is 22.0 Å². The normalized spacial score (nSPS) is 15.1. The summed E-state index contributed by atoms with van der Waals surface area (Å²) in [4.78, 5) is 48.2. The molecule has 0 aliphatic carbocycles. The van der Waals surface area contributed by atoms with Gasteiger partial charge in [0.15, 0.2) is 0 Å². The molecule has 29 heavy (non-hydrogen) atoms. The first-order chi connectivity index (χ1) is 13.8. The third-order valence-electron chi connectivity index (χ3n) is 3.98. The van der Waals surface area contributed by atoms with Crippen LogP contribution in [0.2, 0.25) is 5.02 Å². The molecular formula is C19H14ClN3O5S. The zero-order valence-corrected chi connectivity index (χ0v) is 16.4. The molecule has 0 bridgehead atoms. The third kappa shape index (κ3) is 5.01. The Labute approximate surface area is 174 Å². The van der Waals surface area contributed by atoms with E-state index in [1.54, 1.807) is 30.3 Å². The van der Waals surface area contributed by atoms with Gasteiger partial charge < -0.3 is 5.32 Å². The third-order valence-corrected chi connectivity index (χ3v) is 5.14. The molecular weight excluding hydrogens is 418 g/mol. The molecule has 3 rings (SSSR count). The highest BCUT2D eigenvalue weighted by Gasteiger charge is 2.34. The Bertz CT molecular complexity index is 1020. The number of non-ortho nitro benzene ring substituents is 1. The van der Waals surface area contributed by atoms with E-state index in [1.165, 1.54) is 18.2 Å². The first-order valence-corrected chi connectivity index (χ1v) is 9.58. The first-order valence-electron chi connectivity index (χ1n) is 8.39. The van der Waals surface area contributed by atoms with Crippen LogP contribution in [0.3, 0.4) is 0 Å². The van der Waals surface area contributed by atoms with Crippen molar-refractivity contribution >= 4 is 52.2 Å². The standard InChI is InChI=1S/C19H14ClN3O5S/c20-14-6-4-12(5-7-14)10-16-18(25)22(19(26)29-16)9-8-21-17(24)13-2-1-3-15(11-13)23(27)28/h1-7,10-11H,8-9H2,(H,21,24)/b16-10+. The van der Waals surface area contributed by atoms with Crippen molar-refractivity contribution in [2.24, 2.45) is 0 Å². The molecule has 148 valence electrons. The second-order valence-electron chi connectivity index (χ2n) is 5.95. The van der Waals surface area contributed by atoms with Crippen LogP contribution in [-0.4, -0.2) is 40.0 Å². The largest absolute Gasteiger partial charge is 0.350 e. The zero-order chi connectivity index (χ0) is 21.0. The van der Waals surface area contributed by atoms with Gasteiger partial charge in [-0.3, -0.25) is 29.4 Å². The van der Waals surface area contributed by atoms with E-state index in [1.807, 2.05) is 0 Å². The minimum absolute atomic E-state index is 0.0106. The molecule has 0 unspecified atom stereocenters. The van der Waals surface area contributed by atoms with Gasteiger partial charge in [-0.25, -0.2) is 0 Å². The maximum absolute atomic E-state index is 12.5. The van der Waals surface area contributed by atoms with Crippen LogP contribution >= 0.6 is 23.4 Å². The van der Waals surface area contributed by atoms with E-state index in [0.29, 0.717) is 5.02 Å². The summed E-state index contributed by atoms with van der Waals surface area (Å²) < 4.78 is 0. The molecule has 1 N–H and O–H groups in total. The summed E-state index contributed by atoms with van der Waals surface area (Å²) in [5.74, 6) is -0.975. The average molecular weight is 432 g/mol. The van der Waals surface area contributed by atoms with E-state index in [-0.39, 0.29) is 29.2 Å². The van der Waals surface area contributed by atoms with E-state index in [2.05, 4.69) is 5.32 Å². The number of carbonyl (C=O) groups excluding carboxylic acids is 3. The number of carbonyl (C=O) groups is 3. The summed E-state index contributed by atoms with van der Waals surface area (Å²) in [6.45, 7) is 0.0110. The number of nitrogens with zero attached hydrogens (tertiary/aromatic N) is 2. The van der Waals surface area contributed by atoms with Gasteiger partial charge >= 0.3 is 0 Å². The molecule has 2 aromatic rings. The minimum Gasteiger partial charge on any atom is -0.350 e. The van der Waals surface area contributed by atoms with Crippen LogP contribution in [0.5, 0.6) is 0 Å². The van der Waals surface area contributed by atoms with Gasteiger partial charge in [0.05, 0.1) is 9.83 Å². The van der Waals surface area contributed by atoms with Crippen molar-refractivity contribution in [1.29, 1.82) is 0 Å². The van der Waals surface area contributed by atoms with Gasteiger partial charge in [0.1, 0.15) is 0 Å². The van der Waals surface area contributed by atoms with Crippen molar-refractivity contribution in [2.45, 2.75) is 0 Å². The molecule has 0 spiro atoms. The lowest BCUT2D eigenvalue weighted by Gasteiger charge is -2.13. The van der Waals surface area contributed by atoms with Crippen LogP contribution in [0.1, 0.15) is 15.9 Å². The molecule has 8 nitrogen and oxygen atoms in total.